The molecule has 0 aliphatic heterocycles. The fourth-order valence-electron chi connectivity index (χ4n) is 2.55. The molecule has 7 heteroatoms. The van der Waals surface area contributed by atoms with Crippen LogP contribution in [0.2, 0.25) is 0 Å². The number of hydrogen-bond donors (Lipinski definition) is 2. The van der Waals surface area contributed by atoms with Crippen molar-refractivity contribution >= 4 is 40.3 Å². The number of nitrogens with two attached hydrogens (primary N) is 1. The second kappa shape index (κ2) is 20.6. The number of rotatable bonds is 5. The SMILES string of the molecule is CC.CC.CC(=O)c1cc2ccc(NC(=O)c3ccc(N)cc3)cn2c1.CCOC(C)C.CSC. The standard InChI is InChI=1S/C17H15N3O2.C5H12O.C2H6S.2C2H6/c1-11(21)13-8-16-7-6-15(10-20(16)9-13)19-17(22)12-2-4-14(18)5-3-12;1-4-6-5(2)3;1-3-2;2*1-2/h2-10H,18H2,1H3,(H,19,22);5H,4H2,1-3H3;1-2H3;2*1-2H3. The predicted molar refractivity (Wildman–Crippen MR) is 155 cm³/mol. The molecular weight excluding hydrogens is 458 g/mol. The third-order valence-corrected chi connectivity index (χ3v) is 3.93. The van der Waals surface area contributed by atoms with Gasteiger partial charge >= 0.3 is 0 Å². The first-order valence-corrected chi connectivity index (χ1v) is 13.7. The highest BCUT2D eigenvalue weighted by Crippen LogP contribution is 2.16. The number of aromatic nitrogens is 1. The van der Waals surface area contributed by atoms with Crippen LogP contribution in [0.15, 0.2) is 54.9 Å². The first kappa shape index (κ1) is 34.4. The van der Waals surface area contributed by atoms with Crippen molar-refractivity contribution in [1.29, 1.82) is 0 Å². The zero-order valence-corrected chi connectivity index (χ0v) is 24.0. The lowest BCUT2D eigenvalue weighted by Crippen LogP contribution is -2.12. The molecule has 0 spiro atoms. The van der Waals surface area contributed by atoms with E-state index in [0.29, 0.717) is 28.6 Å². The van der Waals surface area contributed by atoms with Crippen molar-refractivity contribution in [3.63, 3.8) is 0 Å². The minimum Gasteiger partial charge on any atom is -0.399 e. The molecule has 3 N–H and O–H groups in total. The lowest BCUT2D eigenvalue weighted by Gasteiger charge is -2.06. The Kier molecular flexibility index (Phi) is 20.2. The second-order valence-electron chi connectivity index (χ2n) is 7.02. The third-order valence-electron chi connectivity index (χ3n) is 3.93. The zero-order valence-electron chi connectivity index (χ0n) is 23.1. The maximum atomic E-state index is 12.2. The Morgan fingerprint density at radius 1 is 0.971 bits per heavy atom. The molecule has 0 radical (unpaired) electrons. The Balaban J connectivity index is 0. The summed E-state index contributed by atoms with van der Waals surface area (Å²) in [7, 11) is 0. The van der Waals surface area contributed by atoms with Gasteiger partial charge in [-0.1, -0.05) is 27.7 Å². The number of pyridine rings is 1. The number of amides is 1. The summed E-state index contributed by atoms with van der Waals surface area (Å²) in [5.74, 6) is -0.200. The highest BCUT2D eigenvalue weighted by Gasteiger charge is 2.08. The van der Waals surface area contributed by atoms with Crippen molar-refractivity contribution in [2.24, 2.45) is 0 Å². The number of thioether (sulfide) groups is 1. The molecule has 2 heterocycles. The van der Waals surface area contributed by atoms with Crippen molar-refractivity contribution in [2.45, 2.75) is 61.5 Å². The highest BCUT2D eigenvalue weighted by molar-refractivity contribution is 7.97. The van der Waals surface area contributed by atoms with Crippen LogP contribution in [-0.4, -0.2) is 41.3 Å². The quantitative estimate of drug-likeness (QED) is 0.279. The summed E-state index contributed by atoms with van der Waals surface area (Å²) in [6.07, 6.45) is 8.00. The Bertz CT molecular complexity index is 967. The molecule has 0 bridgehead atoms. The first-order valence-electron chi connectivity index (χ1n) is 12.0. The van der Waals surface area contributed by atoms with Crippen LogP contribution in [-0.2, 0) is 4.74 Å². The molecule has 6 nitrogen and oxygen atoms in total. The van der Waals surface area contributed by atoms with Gasteiger partial charge in [-0.15, -0.1) is 0 Å². The van der Waals surface area contributed by atoms with Gasteiger partial charge in [0, 0.05) is 41.3 Å². The van der Waals surface area contributed by atoms with E-state index in [-0.39, 0.29) is 11.7 Å². The number of carbonyl (C=O) groups is 2. The molecule has 0 aliphatic rings. The fourth-order valence-corrected chi connectivity index (χ4v) is 2.55. The van der Waals surface area contributed by atoms with Crippen LogP contribution < -0.4 is 11.1 Å². The first-order chi connectivity index (χ1) is 16.7. The average molecular weight is 504 g/mol. The molecule has 1 aromatic carbocycles. The number of carbonyl (C=O) groups excluding carboxylic acids is 2. The van der Waals surface area contributed by atoms with Gasteiger partial charge in [0.05, 0.1) is 11.8 Å². The van der Waals surface area contributed by atoms with Gasteiger partial charge in [0.25, 0.3) is 5.91 Å². The number of hydrogen-bond acceptors (Lipinski definition) is 5. The molecule has 196 valence electrons. The number of ether oxygens (including phenoxy) is 1. The Labute approximate surface area is 216 Å². The van der Waals surface area contributed by atoms with E-state index in [1.54, 1.807) is 54.5 Å². The van der Waals surface area contributed by atoms with Crippen LogP contribution in [0.3, 0.4) is 0 Å². The minimum atomic E-state index is -0.210. The molecule has 35 heavy (non-hydrogen) atoms. The monoisotopic (exact) mass is 503 g/mol. The van der Waals surface area contributed by atoms with Crippen molar-refractivity contribution < 1.29 is 14.3 Å². The fraction of sp³-hybridized carbons (Fsp3) is 0.429. The van der Waals surface area contributed by atoms with E-state index in [1.165, 1.54) is 6.92 Å². The minimum absolute atomic E-state index is 0.0103. The number of fused-ring (bicyclic) bond motifs is 1. The van der Waals surface area contributed by atoms with Crippen LogP contribution in [0.4, 0.5) is 11.4 Å². The van der Waals surface area contributed by atoms with Crippen molar-refractivity contribution in [2.75, 3.05) is 30.2 Å². The van der Waals surface area contributed by atoms with Crippen LogP contribution in [0.1, 0.15) is 76.1 Å². The lowest BCUT2D eigenvalue weighted by atomic mass is 10.2. The molecule has 0 atom stereocenters. The molecule has 3 aromatic rings. The lowest BCUT2D eigenvalue weighted by molar-refractivity contribution is 0.0899. The topological polar surface area (TPSA) is 85.8 Å². The van der Waals surface area contributed by atoms with Gasteiger partial charge in [0.1, 0.15) is 0 Å². The average Bonchev–Trinajstić information content (AvgIpc) is 3.27. The van der Waals surface area contributed by atoms with Gasteiger partial charge in [-0.25, -0.2) is 0 Å². The largest absolute Gasteiger partial charge is 0.399 e. The number of nitrogen functional groups attached to an aromatic ring is 1. The second-order valence-corrected chi connectivity index (χ2v) is 7.84. The molecular formula is C28H45N3O3S. The maximum absolute atomic E-state index is 12.2. The smallest absolute Gasteiger partial charge is 0.255 e. The summed E-state index contributed by atoms with van der Waals surface area (Å²) in [6.45, 7) is 16.4. The van der Waals surface area contributed by atoms with Gasteiger partial charge in [0.2, 0.25) is 0 Å². The van der Waals surface area contributed by atoms with Crippen molar-refractivity contribution in [3.05, 3.63) is 66.0 Å². The number of Topliss-reactive ketones (excluding diaryl/α,β-unsaturated/α-hetero) is 1. The van der Waals surface area contributed by atoms with E-state index >= 15 is 0 Å². The maximum Gasteiger partial charge on any atom is 0.255 e. The van der Waals surface area contributed by atoms with Gasteiger partial charge in [-0.05, 0) is 82.7 Å². The van der Waals surface area contributed by atoms with Gasteiger partial charge in [0.15, 0.2) is 5.78 Å². The molecule has 0 fully saturated rings. The molecule has 2 aromatic heterocycles. The van der Waals surface area contributed by atoms with Crippen molar-refractivity contribution in [3.8, 4) is 0 Å². The Hall–Kier alpha value is -2.77. The zero-order chi connectivity index (χ0) is 27.4. The summed E-state index contributed by atoms with van der Waals surface area (Å²) in [5.41, 5.74) is 8.94. The van der Waals surface area contributed by atoms with Gasteiger partial charge < -0.3 is 20.2 Å². The Morgan fingerprint density at radius 2 is 1.51 bits per heavy atom. The third kappa shape index (κ3) is 14.3. The molecule has 0 saturated carbocycles. The van der Waals surface area contributed by atoms with Gasteiger partial charge in [-0.3, -0.25) is 9.59 Å². The van der Waals surface area contributed by atoms with E-state index in [9.17, 15) is 9.59 Å². The predicted octanol–water partition coefficient (Wildman–Crippen LogP) is 7.44. The molecule has 0 aliphatic carbocycles. The van der Waals surface area contributed by atoms with Crippen LogP contribution >= 0.6 is 11.8 Å². The van der Waals surface area contributed by atoms with Crippen LogP contribution in [0.25, 0.3) is 5.52 Å². The van der Waals surface area contributed by atoms with E-state index in [2.05, 4.69) is 5.32 Å². The van der Waals surface area contributed by atoms with E-state index in [0.717, 1.165) is 12.1 Å². The summed E-state index contributed by atoms with van der Waals surface area (Å²) >= 11 is 1.75. The molecule has 0 unspecified atom stereocenters. The van der Waals surface area contributed by atoms with Crippen LogP contribution in [0, 0.1) is 0 Å². The number of ketones is 1. The Morgan fingerprint density at radius 3 is 1.94 bits per heavy atom. The molecule has 3 rings (SSSR count). The number of benzene rings is 1. The number of nitrogens with one attached hydrogen (secondary N) is 1. The summed E-state index contributed by atoms with van der Waals surface area (Å²) in [6, 6.07) is 12.2. The summed E-state index contributed by atoms with van der Waals surface area (Å²) < 4.78 is 6.86. The normalized spacial score (nSPS) is 9.23. The number of nitrogens with zero attached hydrogens (tertiary/aromatic N) is 1. The molecule has 0 saturated heterocycles. The van der Waals surface area contributed by atoms with E-state index < -0.39 is 0 Å². The van der Waals surface area contributed by atoms with Gasteiger partial charge in [-0.2, -0.15) is 11.8 Å². The number of anilines is 2. The highest BCUT2D eigenvalue weighted by atomic mass is 32.2. The van der Waals surface area contributed by atoms with Crippen LogP contribution in [0.5, 0.6) is 0 Å². The van der Waals surface area contributed by atoms with E-state index in [4.69, 9.17) is 10.5 Å². The van der Waals surface area contributed by atoms with E-state index in [1.807, 2.05) is 77.5 Å². The summed E-state index contributed by atoms with van der Waals surface area (Å²) in [5, 5.41) is 2.82. The van der Waals surface area contributed by atoms with Crippen molar-refractivity contribution in [1.82, 2.24) is 4.40 Å². The molecule has 1 amide bonds. The summed E-state index contributed by atoms with van der Waals surface area (Å²) in [4.78, 5) is 23.6.